The summed E-state index contributed by atoms with van der Waals surface area (Å²) in [5.41, 5.74) is 5.83. The molecule has 1 aromatic carbocycles. The number of hydrogen-bond donors (Lipinski definition) is 3. The first-order chi connectivity index (χ1) is 15.0. The molecule has 0 radical (unpaired) electrons. The lowest BCUT2D eigenvalue weighted by atomic mass is 10.1. The highest BCUT2D eigenvalue weighted by Gasteiger charge is 2.56. The number of hydrogen-bond acceptors (Lipinski definition) is 6. The molecule has 2 heterocycles. The molecule has 0 spiro atoms. The van der Waals surface area contributed by atoms with E-state index in [1.807, 2.05) is 4.90 Å². The molecule has 2 aromatic rings. The zero-order valence-electron chi connectivity index (χ0n) is 16.4. The summed E-state index contributed by atoms with van der Waals surface area (Å²) in [5.74, 6) is -4.74. The van der Waals surface area contributed by atoms with Gasteiger partial charge < -0.3 is 26.1 Å². The first-order valence-electron chi connectivity index (χ1n) is 9.20. The van der Waals surface area contributed by atoms with Crippen molar-refractivity contribution in [2.75, 3.05) is 30.1 Å². The lowest BCUT2D eigenvalue weighted by Crippen LogP contribution is -2.32. The number of carbonyl (C=O) groups excluding carboxylic acids is 1. The Kier molecular flexibility index (Phi) is 6.70. The van der Waals surface area contributed by atoms with E-state index in [2.05, 4.69) is 21.9 Å². The van der Waals surface area contributed by atoms with Crippen molar-refractivity contribution < 1.29 is 27.1 Å². The molecule has 1 aromatic heterocycles. The maximum absolute atomic E-state index is 13.6. The third-order valence-electron chi connectivity index (χ3n) is 4.62. The predicted molar refractivity (Wildman–Crippen MR) is 112 cm³/mol. The Morgan fingerprint density at radius 2 is 1.97 bits per heavy atom. The molecule has 32 heavy (non-hydrogen) atoms. The zero-order chi connectivity index (χ0) is 23.5. The van der Waals surface area contributed by atoms with Gasteiger partial charge in [0.05, 0.1) is 12.2 Å². The normalized spacial score (nSPS) is 15.0. The average Bonchev–Trinajstić information content (AvgIpc) is 3.28. The van der Waals surface area contributed by atoms with Crippen molar-refractivity contribution in [3.05, 3.63) is 59.3 Å². The second-order valence-corrected chi connectivity index (χ2v) is 7.26. The monoisotopic (exact) mass is 471 g/mol. The van der Waals surface area contributed by atoms with Gasteiger partial charge in [0, 0.05) is 41.5 Å². The molecule has 7 nitrogen and oxygen atoms in total. The van der Waals surface area contributed by atoms with Crippen molar-refractivity contribution in [3.63, 3.8) is 0 Å². The number of aromatic nitrogens is 1. The van der Waals surface area contributed by atoms with Crippen LogP contribution in [0.3, 0.4) is 0 Å². The minimum absolute atomic E-state index is 0.0917. The van der Waals surface area contributed by atoms with Gasteiger partial charge in [0.2, 0.25) is 0 Å². The second kappa shape index (κ2) is 9.13. The fourth-order valence-corrected chi connectivity index (χ4v) is 3.05. The van der Waals surface area contributed by atoms with Crippen LogP contribution in [0.4, 0.5) is 29.1 Å². The fraction of sp³-hybridized carbons (Fsp3) is 0.250. The van der Waals surface area contributed by atoms with Crippen molar-refractivity contribution in [3.8, 4) is 0 Å². The molecule has 0 bridgehead atoms. The Morgan fingerprint density at radius 3 is 2.53 bits per heavy atom. The Labute approximate surface area is 185 Å². The number of nitrogens with one attached hydrogen (secondary N) is 2. The number of benzene rings is 1. The van der Waals surface area contributed by atoms with Gasteiger partial charge in [0.25, 0.3) is 5.91 Å². The number of amides is 1. The Bertz CT molecular complexity index is 1040. The molecule has 1 fully saturated rings. The van der Waals surface area contributed by atoms with Crippen molar-refractivity contribution in [2.45, 2.75) is 11.3 Å². The van der Waals surface area contributed by atoms with Crippen LogP contribution in [0.5, 0.6) is 0 Å². The van der Waals surface area contributed by atoms with Gasteiger partial charge in [-0.1, -0.05) is 12.1 Å². The molecular formula is C20H18ClF4N5O2. The summed E-state index contributed by atoms with van der Waals surface area (Å²) in [4.78, 5) is 18.7. The standard InChI is InChI=1S/C20H18ClF4N5O2/c21-20(24,25)19(22,23)13-1-3-14(4-2-13)29-18(31)12-9-15(16(27)5-6-26)17(28-10-12)30-7-8-32-11-30/h1-6,9-10,26H,7-8,11,27H2,(H,29,31)/b16-5-,26-6?. The maximum Gasteiger partial charge on any atom is 0.388 e. The van der Waals surface area contributed by atoms with Crippen molar-refractivity contribution in [1.29, 1.82) is 5.41 Å². The minimum atomic E-state index is -4.76. The number of nitrogens with two attached hydrogens (primary N) is 1. The number of rotatable bonds is 7. The Balaban J connectivity index is 1.84. The topological polar surface area (TPSA) is 104 Å². The summed E-state index contributed by atoms with van der Waals surface area (Å²) in [6, 6.07) is 5.07. The van der Waals surface area contributed by atoms with E-state index in [1.165, 1.54) is 18.3 Å². The van der Waals surface area contributed by atoms with Gasteiger partial charge in [-0.2, -0.15) is 17.6 Å². The van der Waals surface area contributed by atoms with Crippen LogP contribution in [0.25, 0.3) is 5.70 Å². The lowest BCUT2D eigenvalue weighted by molar-refractivity contribution is -0.164. The molecule has 0 saturated carbocycles. The molecule has 4 N–H and O–H groups in total. The Hall–Kier alpha value is -3.18. The summed E-state index contributed by atoms with van der Waals surface area (Å²) in [6.45, 7) is 1.37. The van der Waals surface area contributed by atoms with Crippen molar-refractivity contribution >= 4 is 40.9 Å². The van der Waals surface area contributed by atoms with E-state index in [0.29, 0.717) is 31.3 Å². The number of carbonyl (C=O) groups is 1. The van der Waals surface area contributed by atoms with Crippen LogP contribution in [0.2, 0.25) is 0 Å². The molecule has 3 rings (SSSR count). The van der Waals surface area contributed by atoms with Gasteiger partial charge in [0.15, 0.2) is 0 Å². The molecule has 1 saturated heterocycles. The fourth-order valence-electron chi connectivity index (χ4n) is 2.94. The van der Waals surface area contributed by atoms with E-state index >= 15 is 0 Å². The second-order valence-electron chi connectivity index (χ2n) is 6.79. The van der Waals surface area contributed by atoms with Gasteiger partial charge in [-0.3, -0.25) is 4.79 Å². The summed E-state index contributed by atoms with van der Waals surface area (Å²) >= 11 is 4.49. The highest BCUT2D eigenvalue weighted by atomic mass is 35.5. The molecule has 170 valence electrons. The number of ether oxygens (including phenoxy) is 1. The maximum atomic E-state index is 13.6. The lowest BCUT2D eigenvalue weighted by Gasteiger charge is -2.21. The molecule has 1 aliphatic rings. The molecule has 1 aliphatic heterocycles. The van der Waals surface area contributed by atoms with Crippen LogP contribution in [-0.4, -0.2) is 42.4 Å². The van der Waals surface area contributed by atoms with Crippen LogP contribution in [0.1, 0.15) is 21.5 Å². The largest absolute Gasteiger partial charge is 0.398 e. The van der Waals surface area contributed by atoms with Gasteiger partial charge in [-0.15, -0.1) is 0 Å². The van der Waals surface area contributed by atoms with Gasteiger partial charge in [-0.25, -0.2) is 4.98 Å². The van der Waals surface area contributed by atoms with Crippen molar-refractivity contribution in [2.24, 2.45) is 5.73 Å². The molecule has 1 amide bonds. The SMILES string of the molecule is N=C/C=C(\N)c1cc(C(=O)Nc2ccc(C(F)(F)C(F)(F)Cl)cc2)cnc1N1CCOC1. The minimum Gasteiger partial charge on any atom is -0.398 e. The third-order valence-corrected chi connectivity index (χ3v) is 4.85. The van der Waals surface area contributed by atoms with Gasteiger partial charge in [0.1, 0.15) is 12.5 Å². The van der Waals surface area contributed by atoms with Crippen LogP contribution >= 0.6 is 11.6 Å². The third kappa shape index (κ3) is 4.83. The summed E-state index contributed by atoms with van der Waals surface area (Å²) in [5, 5.41) is 4.94. The van der Waals surface area contributed by atoms with E-state index in [4.69, 9.17) is 15.9 Å². The number of anilines is 2. The average molecular weight is 472 g/mol. The molecular weight excluding hydrogens is 454 g/mol. The van der Waals surface area contributed by atoms with Crippen LogP contribution in [-0.2, 0) is 10.7 Å². The van der Waals surface area contributed by atoms with Gasteiger partial charge >= 0.3 is 11.3 Å². The van der Waals surface area contributed by atoms with Crippen LogP contribution in [0, 0.1) is 5.41 Å². The van der Waals surface area contributed by atoms with E-state index in [0.717, 1.165) is 30.5 Å². The molecule has 0 aliphatic carbocycles. The highest BCUT2D eigenvalue weighted by Crippen LogP contribution is 2.45. The molecule has 0 unspecified atom stereocenters. The summed E-state index contributed by atoms with van der Waals surface area (Å²) < 4.78 is 58.4. The molecule has 12 heteroatoms. The predicted octanol–water partition coefficient (Wildman–Crippen LogP) is 4.00. The highest BCUT2D eigenvalue weighted by molar-refractivity contribution is 6.22. The number of alkyl halides is 5. The summed E-state index contributed by atoms with van der Waals surface area (Å²) in [6.07, 6.45) is 3.64. The Morgan fingerprint density at radius 1 is 1.28 bits per heavy atom. The number of halogens is 5. The van der Waals surface area contributed by atoms with E-state index < -0.39 is 22.8 Å². The molecule has 0 atom stereocenters. The smallest absolute Gasteiger partial charge is 0.388 e. The first kappa shape index (κ1) is 23.5. The first-order valence-corrected chi connectivity index (χ1v) is 9.58. The van der Waals surface area contributed by atoms with Crippen LogP contribution < -0.4 is 16.0 Å². The number of allylic oxidation sites excluding steroid dienone is 1. The van der Waals surface area contributed by atoms with Crippen LogP contribution in [0.15, 0.2) is 42.6 Å². The van der Waals surface area contributed by atoms with Crippen molar-refractivity contribution in [1.82, 2.24) is 4.98 Å². The van der Waals surface area contributed by atoms with E-state index in [1.54, 1.807) is 0 Å². The number of pyridine rings is 1. The summed E-state index contributed by atoms with van der Waals surface area (Å²) in [7, 11) is 0. The van der Waals surface area contributed by atoms with Gasteiger partial charge in [-0.05, 0) is 35.9 Å². The van der Waals surface area contributed by atoms with E-state index in [-0.39, 0.29) is 16.9 Å². The quantitative estimate of drug-likeness (QED) is 0.322. The van der Waals surface area contributed by atoms with E-state index in [9.17, 15) is 22.4 Å². The number of nitrogens with zero attached hydrogens (tertiary/aromatic N) is 2. The zero-order valence-corrected chi connectivity index (χ0v) is 17.2.